The second kappa shape index (κ2) is 10.2. The first-order valence-corrected chi connectivity index (χ1v) is 13.3. The van der Waals surface area contributed by atoms with Gasteiger partial charge in [0.15, 0.2) is 0 Å². The Labute approximate surface area is 222 Å². The Morgan fingerprint density at radius 2 is 1.84 bits per heavy atom. The maximum atomic E-state index is 11.6. The second-order valence-electron chi connectivity index (χ2n) is 10.4. The third kappa shape index (κ3) is 4.84. The molecule has 1 fully saturated rings. The molecule has 2 N–H and O–H groups in total. The maximum absolute atomic E-state index is 11.6. The van der Waals surface area contributed by atoms with Crippen molar-refractivity contribution in [3.8, 4) is 11.1 Å². The van der Waals surface area contributed by atoms with Crippen LogP contribution in [0.15, 0.2) is 79.5 Å². The topological polar surface area (TPSA) is 84.7 Å². The number of aryl methyl sites for hydroxylation is 1. The van der Waals surface area contributed by atoms with E-state index in [4.69, 9.17) is 4.98 Å². The van der Waals surface area contributed by atoms with E-state index in [0.29, 0.717) is 5.92 Å². The van der Waals surface area contributed by atoms with Crippen LogP contribution in [0, 0.1) is 5.92 Å². The molecule has 5 aromatic rings. The van der Waals surface area contributed by atoms with Crippen molar-refractivity contribution in [3.63, 3.8) is 0 Å². The summed E-state index contributed by atoms with van der Waals surface area (Å²) in [4.78, 5) is 25.4. The van der Waals surface area contributed by atoms with Crippen LogP contribution in [0.1, 0.15) is 44.2 Å². The van der Waals surface area contributed by atoms with E-state index in [9.17, 15) is 4.79 Å². The molecule has 1 aliphatic rings. The molecule has 3 aromatic heterocycles. The van der Waals surface area contributed by atoms with E-state index in [0.717, 1.165) is 53.5 Å². The molecule has 38 heavy (non-hydrogen) atoms. The number of hydrogen-bond donors (Lipinski definition) is 2. The van der Waals surface area contributed by atoms with Gasteiger partial charge in [0.05, 0.1) is 17.1 Å². The molecule has 3 heterocycles. The number of nitrogens with zero attached hydrogens (tertiary/aromatic N) is 4. The molecule has 0 spiro atoms. The van der Waals surface area contributed by atoms with Crippen LogP contribution in [0.4, 0.5) is 5.69 Å². The van der Waals surface area contributed by atoms with Gasteiger partial charge in [-0.2, -0.15) is 0 Å². The van der Waals surface area contributed by atoms with Crippen molar-refractivity contribution >= 4 is 33.5 Å². The summed E-state index contributed by atoms with van der Waals surface area (Å²) < 4.78 is 2.14. The summed E-state index contributed by atoms with van der Waals surface area (Å²) in [7, 11) is 2.07. The van der Waals surface area contributed by atoms with Gasteiger partial charge < -0.3 is 15.2 Å². The van der Waals surface area contributed by atoms with Gasteiger partial charge in [0, 0.05) is 67.8 Å². The Hall–Kier alpha value is -4.26. The fourth-order valence-electron chi connectivity index (χ4n) is 5.91. The highest BCUT2D eigenvalue weighted by atomic mass is 16.1. The van der Waals surface area contributed by atoms with Crippen molar-refractivity contribution in [3.05, 3.63) is 85.1 Å². The van der Waals surface area contributed by atoms with Crippen molar-refractivity contribution in [2.45, 2.75) is 44.7 Å². The highest BCUT2D eigenvalue weighted by Gasteiger charge is 2.29. The Bertz CT molecular complexity index is 1590. The first-order valence-electron chi connectivity index (χ1n) is 13.3. The molecule has 1 aliphatic carbocycles. The fraction of sp³-hybridized carbons (Fsp3) is 0.290. The lowest BCUT2D eigenvalue weighted by Crippen LogP contribution is -2.38. The third-order valence-electron chi connectivity index (χ3n) is 7.79. The smallest absolute Gasteiger partial charge is 0.217 e. The number of carbonyl (C=O) groups is 1. The van der Waals surface area contributed by atoms with Crippen LogP contribution >= 0.6 is 0 Å². The van der Waals surface area contributed by atoms with Crippen molar-refractivity contribution in [2.24, 2.45) is 13.0 Å². The van der Waals surface area contributed by atoms with Crippen LogP contribution in [-0.2, 0) is 11.8 Å². The zero-order chi connectivity index (χ0) is 26.1. The predicted octanol–water partition coefficient (Wildman–Crippen LogP) is 6.03. The molecule has 0 aliphatic heterocycles. The quantitative estimate of drug-likeness (QED) is 0.295. The first-order chi connectivity index (χ1) is 18.5. The summed E-state index contributed by atoms with van der Waals surface area (Å²) in [6.07, 6.45) is 13.4. The zero-order valence-corrected chi connectivity index (χ0v) is 21.8. The summed E-state index contributed by atoms with van der Waals surface area (Å²) in [6.45, 7) is 1.60. The number of anilines is 1. The van der Waals surface area contributed by atoms with Gasteiger partial charge >= 0.3 is 0 Å². The van der Waals surface area contributed by atoms with E-state index < -0.39 is 0 Å². The number of pyridine rings is 1. The highest BCUT2D eigenvalue weighted by Crippen LogP contribution is 2.39. The molecule has 1 amide bonds. The summed E-state index contributed by atoms with van der Waals surface area (Å²) >= 11 is 0. The summed E-state index contributed by atoms with van der Waals surface area (Å²) in [5.74, 6) is 0.471. The number of amides is 1. The largest absolute Gasteiger partial charge is 0.378 e. The average molecular weight is 505 g/mol. The number of rotatable bonds is 6. The lowest BCUT2D eigenvalue weighted by atomic mass is 9.79. The van der Waals surface area contributed by atoms with Gasteiger partial charge in [-0.25, -0.2) is 0 Å². The molecule has 7 nitrogen and oxygen atoms in total. The Kier molecular flexibility index (Phi) is 6.50. The Morgan fingerprint density at radius 1 is 1.00 bits per heavy atom. The van der Waals surface area contributed by atoms with Gasteiger partial charge in [0.25, 0.3) is 0 Å². The minimum atomic E-state index is 0.0497. The Balaban J connectivity index is 1.37. The van der Waals surface area contributed by atoms with E-state index in [1.165, 1.54) is 16.5 Å². The van der Waals surface area contributed by atoms with E-state index in [1.54, 1.807) is 19.3 Å². The maximum Gasteiger partial charge on any atom is 0.217 e. The monoisotopic (exact) mass is 504 g/mol. The molecular formula is C31H32N6O. The molecule has 0 saturated heterocycles. The minimum absolute atomic E-state index is 0.0497. The van der Waals surface area contributed by atoms with Crippen LogP contribution in [0.2, 0.25) is 0 Å². The zero-order valence-electron chi connectivity index (χ0n) is 21.8. The molecule has 0 unspecified atom stereocenters. The molecule has 192 valence electrons. The molecule has 7 heteroatoms. The number of nitrogens with one attached hydrogen (secondary N) is 2. The fourth-order valence-corrected chi connectivity index (χ4v) is 5.91. The van der Waals surface area contributed by atoms with Crippen molar-refractivity contribution in [1.29, 1.82) is 0 Å². The van der Waals surface area contributed by atoms with E-state index >= 15 is 0 Å². The summed E-state index contributed by atoms with van der Waals surface area (Å²) in [5.41, 5.74) is 7.28. The van der Waals surface area contributed by atoms with Gasteiger partial charge in [-0.1, -0.05) is 18.2 Å². The second-order valence-corrected chi connectivity index (χ2v) is 10.4. The normalized spacial score (nSPS) is 18.4. The van der Waals surface area contributed by atoms with E-state index in [-0.39, 0.29) is 18.0 Å². The number of fused-ring (bicyclic) bond motifs is 2. The average Bonchev–Trinajstić information content (AvgIpc) is 3.32. The summed E-state index contributed by atoms with van der Waals surface area (Å²) in [6, 6.07) is 17.5. The SMILES string of the molecule is CC(=O)N[C@H]1CC[C@H]([C@H](Nc2cc(-c3ccc4ccn(C)c4c3)c3nccnc3c2)c2cccnc2)CC1. The standard InChI is InChI=1S/C31H32N6O/c1-20(38)35-25-9-7-22(8-10-25)30(24-4-3-12-32-19-24)36-26-17-27(31-28(18-26)33-13-14-34-31)23-6-5-21-11-15-37(2)29(21)16-23/h3-6,11-19,22,25,30,36H,7-10H2,1-2H3,(H,35,38)/t22-,25-,30-/m0/s1. The van der Waals surface area contributed by atoms with Gasteiger partial charge in [-0.3, -0.25) is 19.7 Å². The van der Waals surface area contributed by atoms with Crippen molar-refractivity contribution in [1.82, 2.24) is 24.8 Å². The molecule has 1 atom stereocenters. The van der Waals surface area contributed by atoms with Gasteiger partial charge in [-0.05, 0) is 78.4 Å². The van der Waals surface area contributed by atoms with E-state index in [1.807, 2.05) is 18.5 Å². The van der Waals surface area contributed by atoms with Crippen molar-refractivity contribution in [2.75, 3.05) is 5.32 Å². The Morgan fingerprint density at radius 3 is 2.63 bits per heavy atom. The number of aromatic nitrogens is 4. The predicted molar refractivity (Wildman–Crippen MR) is 152 cm³/mol. The van der Waals surface area contributed by atoms with Gasteiger partial charge in [0.1, 0.15) is 0 Å². The molecular weight excluding hydrogens is 472 g/mol. The molecule has 2 aromatic carbocycles. The van der Waals surface area contributed by atoms with Gasteiger partial charge in [-0.15, -0.1) is 0 Å². The van der Waals surface area contributed by atoms with Crippen LogP contribution in [0.25, 0.3) is 33.1 Å². The number of hydrogen-bond acceptors (Lipinski definition) is 5. The minimum Gasteiger partial charge on any atom is -0.378 e. The number of benzene rings is 2. The molecule has 0 radical (unpaired) electrons. The van der Waals surface area contributed by atoms with Gasteiger partial charge in [0.2, 0.25) is 5.91 Å². The molecule has 0 bridgehead atoms. The van der Waals surface area contributed by atoms with E-state index in [2.05, 4.69) is 80.9 Å². The lowest BCUT2D eigenvalue weighted by molar-refractivity contribution is -0.119. The lowest BCUT2D eigenvalue weighted by Gasteiger charge is -2.35. The van der Waals surface area contributed by atoms with Crippen LogP contribution in [-0.4, -0.2) is 31.5 Å². The molecule has 1 saturated carbocycles. The molecule has 6 rings (SSSR count). The highest BCUT2D eigenvalue weighted by molar-refractivity contribution is 5.97. The van der Waals surface area contributed by atoms with Crippen LogP contribution in [0.5, 0.6) is 0 Å². The van der Waals surface area contributed by atoms with Crippen molar-refractivity contribution < 1.29 is 4.79 Å². The van der Waals surface area contributed by atoms with Crippen LogP contribution < -0.4 is 10.6 Å². The van der Waals surface area contributed by atoms with Crippen LogP contribution in [0.3, 0.4) is 0 Å². The summed E-state index contributed by atoms with van der Waals surface area (Å²) in [5, 5.41) is 8.18. The number of carbonyl (C=O) groups excluding carboxylic acids is 1. The first kappa shape index (κ1) is 24.1. The third-order valence-corrected chi connectivity index (χ3v) is 7.79.